The van der Waals surface area contributed by atoms with Gasteiger partial charge in [0, 0.05) is 5.56 Å². The molecular formula is C20H21NO6. The maximum Gasteiger partial charge on any atom is 0.326 e. The lowest BCUT2D eigenvalue weighted by Crippen LogP contribution is -2.38. The number of amides is 2. The van der Waals surface area contributed by atoms with Crippen LogP contribution in [0, 0.1) is 23.7 Å². The smallest absolute Gasteiger partial charge is 0.326 e. The Balaban J connectivity index is 1.32. The van der Waals surface area contributed by atoms with Crippen LogP contribution >= 0.6 is 0 Å². The number of rotatable bonds is 6. The molecule has 7 heteroatoms. The van der Waals surface area contributed by atoms with E-state index in [1.165, 1.54) is 7.11 Å². The average molecular weight is 371 g/mol. The van der Waals surface area contributed by atoms with Gasteiger partial charge in [0.1, 0.15) is 12.3 Å². The number of benzene rings is 1. The summed E-state index contributed by atoms with van der Waals surface area (Å²) in [6.07, 6.45) is 2.92. The number of nitrogens with zero attached hydrogens (tertiary/aromatic N) is 1. The van der Waals surface area contributed by atoms with E-state index in [1.54, 1.807) is 24.3 Å². The van der Waals surface area contributed by atoms with Crippen LogP contribution in [0.25, 0.3) is 0 Å². The molecule has 2 aliphatic carbocycles. The van der Waals surface area contributed by atoms with Gasteiger partial charge in [0.2, 0.25) is 11.8 Å². The van der Waals surface area contributed by atoms with Gasteiger partial charge >= 0.3 is 5.97 Å². The van der Waals surface area contributed by atoms with E-state index in [0.29, 0.717) is 11.3 Å². The van der Waals surface area contributed by atoms with Crippen LogP contribution in [0.4, 0.5) is 0 Å². The number of hydrogen-bond acceptors (Lipinski definition) is 6. The van der Waals surface area contributed by atoms with Crippen LogP contribution < -0.4 is 4.74 Å². The number of likely N-dealkylation sites (tertiary alicyclic amines) is 1. The number of imide groups is 1. The molecule has 3 aliphatic rings. The summed E-state index contributed by atoms with van der Waals surface area (Å²) in [6, 6.07) is 6.45. The standard InChI is InChI=1S/C20H21NO6/c1-26-14-6-4-11(5-7-14)15(22)10-27-16(23)9-21-19(24)17-12-2-3-13(8-12)18(17)20(21)25/h4-7,12-13,17-18H,2-3,8-10H2,1H3/t12-,13-,17-,18-/m0/s1. The second kappa shape index (κ2) is 6.79. The van der Waals surface area contributed by atoms with Gasteiger partial charge < -0.3 is 9.47 Å². The Hall–Kier alpha value is -2.70. The molecule has 0 radical (unpaired) electrons. The first-order valence-corrected chi connectivity index (χ1v) is 9.17. The maximum atomic E-state index is 12.6. The molecule has 1 aromatic carbocycles. The normalized spacial score (nSPS) is 28.4. The van der Waals surface area contributed by atoms with Crippen LogP contribution in [0.3, 0.4) is 0 Å². The number of carbonyl (C=O) groups excluding carboxylic acids is 4. The molecule has 0 aromatic heterocycles. The van der Waals surface area contributed by atoms with Gasteiger partial charge in [0.25, 0.3) is 0 Å². The molecular weight excluding hydrogens is 350 g/mol. The molecule has 1 heterocycles. The van der Waals surface area contributed by atoms with Crippen LogP contribution in [0.1, 0.15) is 29.6 Å². The largest absolute Gasteiger partial charge is 0.497 e. The van der Waals surface area contributed by atoms with Crippen molar-refractivity contribution in [1.82, 2.24) is 4.90 Å². The molecule has 7 nitrogen and oxygen atoms in total. The summed E-state index contributed by atoms with van der Waals surface area (Å²) in [6.45, 7) is -0.848. The fourth-order valence-electron chi connectivity index (χ4n) is 4.81. The molecule has 27 heavy (non-hydrogen) atoms. The molecule has 2 bridgehead atoms. The van der Waals surface area contributed by atoms with E-state index < -0.39 is 19.1 Å². The summed E-state index contributed by atoms with van der Waals surface area (Å²) in [5.41, 5.74) is 0.392. The minimum Gasteiger partial charge on any atom is -0.497 e. The highest BCUT2D eigenvalue weighted by atomic mass is 16.5. The lowest BCUT2D eigenvalue weighted by Gasteiger charge is -2.19. The number of fused-ring (bicyclic) bond motifs is 5. The van der Waals surface area contributed by atoms with Crippen LogP contribution in [0.2, 0.25) is 0 Å². The topological polar surface area (TPSA) is 90.0 Å². The minimum atomic E-state index is -0.745. The van der Waals surface area contributed by atoms with Gasteiger partial charge in [0.05, 0.1) is 18.9 Å². The summed E-state index contributed by atoms with van der Waals surface area (Å²) in [4.78, 5) is 50.3. The highest BCUT2D eigenvalue weighted by Crippen LogP contribution is 2.56. The molecule has 0 spiro atoms. The number of ketones is 1. The van der Waals surface area contributed by atoms with Gasteiger partial charge in [0.15, 0.2) is 12.4 Å². The zero-order valence-corrected chi connectivity index (χ0v) is 15.1. The van der Waals surface area contributed by atoms with Gasteiger partial charge in [-0.15, -0.1) is 0 Å². The first kappa shape index (κ1) is 17.7. The average Bonchev–Trinajstić information content (AvgIpc) is 3.36. The first-order chi connectivity index (χ1) is 13.0. The first-order valence-electron chi connectivity index (χ1n) is 9.17. The third-order valence-corrected chi connectivity index (χ3v) is 6.08. The molecule has 1 aromatic rings. The van der Waals surface area contributed by atoms with Crippen molar-refractivity contribution in [2.45, 2.75) is 19.3 Å². The van der Waals surface area contributed by atoms with Crippen LogP contribution in [0.5, 0.6) is 5.75 Å². The van der Waals surface area contributed by atoms with Gasteiger partial charge in [-0.05, 0) is 55.4 Å². The molecule has 1 aliphatic heterocycles. The van der Waals surface area contributed by atoms with Gasteiger partial charge in [-0.3, -0.25) is 24.1 Å². The fourth-order valence-corrected chi connectivity index (χ4v) is 4.81. The maximum absolute atomic E-state index is 12.6. The van der Waals surface area contributed by atoms with Crippen molar-refractivity contribution in [1.29, 1.82) is 0 Å². The van der Waals surface area contributed by atoms with Crippen molar-refractivity contribution in [3.8, 4) is 5.75 Å². The van der Waals surface area contributed by atoms with Crippen LogP contribution in [-0.2, 0) is 19.1 Å². The monoisotopic (exact) mass is 371 g/mol. The van der Waals surface area contributed by atoms with Crippen molar-refractivity contribution >= 4 is 23.6 Å². The number of esters is 1. The van der Waals surface area contributed by atoms with Crippen LogP contribution in [-0.4, -0.2) is 48.7 Å². The molecule has 142 valence electrons. The Morgan fingerprint density at radius 1 is 1.04 bits per heavy atom. The second-order valence-electron chi connectivity index (χ2n) is 7.46. The van der Waals surface area contributed by atoms with E-state index >= 15 is 0 Å². The minimum absolute atomic E-state index is 0.254. The molecule has 2 saturated carbocycles. The molecule has 0 N–H and O–H groups in total. The second-order valence-corrected chi connectivity index (χ2v) is 7.46. The Kier molecular flexibility index (Phi) is 4.45. The van der Waals surface area contributed by atoms with Gasteiger partial charge in [-0.2, -0.15) is 0 Å². The van der Waals surface area contributed by atoms with Crippen molar-refractivity contribution < 1.29 is 28.7 Å². The number of methoxy groups -OCH3 is 1. The highest BCUT2D eigenvalue weighted by molar-refractivity contribution is 6.08. The molecule has 4 atom stereocenters. The Labute approximate surface area is 156 Å². The van der Waals surface area contributed by atoms with Crippen molar-refractivity contribution in [2.75, 3.05) is 20.3 Å². The summed E-state index contributed by atoms with van der Waals surface area (Å²) < 4.78 is 10.0. The number of ether oxygens (including phenoxy) is 2. The van der Waals surface area contributed by atoms with E-state index in [0.717, 1.165) is 24.2 Å². The lowest BCUT2D eigenvalue weighted by atomic mass is 9.81. The zero-order valence-electron chi connectivity index (χ0n) is 15.1. The third kappa shape index (κ3) is 3.01. The fraction of sp³-hybridized carbons (Fsp3) is 0.500. The molecule has 2 amide bonds. The van der Waals surface area contributed by atoms with Crippen molar-refractivity contribution in [3.05, 3.63) is 29.8 Å². The molecule has 0 unspecified atom stereocenters. The summed E-state index contributed by atoms with van der Waals surface area (Å²) in [5.74, 6) is -0.968. The third-order valence-electron chi connectivity index (χ3n) is 6.08. The van der Waals surface area contributed by atoms with E-state index in [4.69, 9.17) is 9.47 Å². The molecule has 1 saturated heterocycles. The number of Topliss-reactive ketones (excluding diaryl/α,β-unsaturated/α-hetero) is 1. The summed E-state index contributed by atoms with van der Waals surface area (Å²) in [5, 5.41) is 0. The van der Waals surface area contributed by atoms with Gasteiger partial charge in [-0.25, -0.2) is 0 Å². The number of carbonyl (C=O) groups is 4. The van der Waals surface area contributed by atoms with Crippen LogP contribution in [0.15, 0.2) is 24.3 Å². The van der Waals surface area contributed by atoms with E-state index in [2.05, 4.69) is 0 Å². The van der Waals surface area contributed by atoms with Gasteiger partial charge in [-0.1, -0.05) is 0 Å². The highest BCUT2D eigenvalue weighted by Gasteiger charge is 2.61. The predicted octanol–water partition coefficient (Wildman–Crippen LogP) is 1.45. The van der Waals surface area contributed by atoms with E-state index in [1.807, 2.05) is 0 Å². The predicted molar refractivity (Wildman–Crippen MR) is 92.8 cm³/mol. The van der Waals surface area contributed by atoms with E-state index in [9.17, 15) is 19.2 Å². The quantitative estimate of drug-likeness (QED) is 0.427. The molecule has 3 fully saturated rings. The lowest BCUT2D eigenvalue weighted by molar-refractivity contribution is -0.152. The summed E-state index contributed by atoms with van der Waals surface area (Å²) >= 11 is 0. The van der Waals surface area contributed by atoms with Crippen molar-refractivity contribution in [3.63, 3.8) is 0 Å². The Morgan fingerprint density at radius 3 is 2.19 bits per heavy atom. The zero-order chi connectivity index (χ0) is 19.1. The Morgan fingerprint density at radius 2 is 1.63 bits per heavy atom. The van der Waals surface area contributed by atoms with Crippen molar-refractivity contribution in [2.24, 2.45) is 23.7 Å². The Bertz CT molecular complexity index is 773. The molecule has 4 rings (SSSR count). The van der Waals surface area contributed by atoms with E-state index in [-0.39, 0.29) is 41.3 Å². The summed E-state index contributed by atoms with van der Waals surface area (Å²) in [7, 11) is 1.53. The SMILES string of the molecule is COc1ccc(C(=O)COC(=O)CN2C(=O)[C@H]3[C@H]4CC[C@@H](C4)[C@@H]3C2=O)cc1. The number of hydrogen-bond donors (Lipinski definition) is 0.